The SMILES string of the molecule is COc1cc(-c2ccccn2)nc(-c2ccccn2)n1. The summed E-state index contributed by atoms with van der Waals surface area (Å²) >= 11 is 0. The first-order valence-electron chi connectivity index (χ1n) is 6.13. The van der Waals surface area contributed by atoms with Gasteiger partial charge in [0, 0.05) is 18.5 Å². The third kappa shape index (κ3) is 2.47. The van der Waals surface area contributed by atoms with Gasteiger partial charge in [-0.2, -0.15) is 4.98 Å². The highest BCUT2D eigenvalue weighted by atomic mass is 16.5. The lowest BCUT2D eigenvalue weighted by atomic mass is 10.2. The molecule has 0 saturated heterocycles. The predicted molar refractivity (Wildman–Crippen MR) is 75.0 cm³/mol. The van der Waals surface area contributed by atoms with Crippen LogP contribution in [0.25, 0.3) is 22.9 Å². The molecule has 0 aliphatic rings. The van der Waals surface area contributed by atoms with Crippen LogP contribution < -0.4 is 4.74 Å². The Morgan fingerprint density at radius 3 is 2.10 bits per heavy atom. The lowest BCUT2D eigenvalue weighted by Crippen LogP contribution is -1.98. The van der Waals surface area contributed by atoms with E-state index in [1.807, 2.05) is 36.4 Å². The fraction of sp³-hybridized carbons (Fsp3) is 0.0667. The second-order valence-electron chi connectivity index (χ2n) is 4.05. The van der Waals surface area contributed by atoms with E-state index in [1.165, 1.54) is 0 Å². The minimum Gasteiger partial charge on any atom is -0.481 e. The van der Waals surface area contributed by atoms with E-state index in [-0.39, 0.29) is 0 Å². The zero-order valence-corrected chi connectivity index (χ0v) is 10.9. The van der Waals surface area contributed by atoms with Gasteiger partial charge in [0.1, 0.15) is 5.69 Å². The molecule has 98 valence electrons. The number of aromatic nitrogens is 4. The normalized spacial score (nSPS) is 10.2. The van der Waals surface area contributed by atoms with Gasteiger partial charge in [-0.1, -0.05) is 12.1 Å². The molecule has 0 fully saturated rings. The molecule has 3 heterocycles. The van der Waals surface area contributed by atoms with Crippen molar-refractivity contribution in [3.63, 3.8) is 0 Å². The predicted octanol–water partition coefficient (Wildman–Crippen LogP) is 2.61. The van der Waals surface area contributed by atoms with Crippen LogP contribution in [-0.4, -0.2) is 27.0 Å². The van der Waals surface area contributed by atoms with Crippen molar-refractivity contribution < 1.29 is 4.74 Å². The lowest BCUT2D eigenvalue weighted by molar-refractivity contribution is 0.397. The Kier molecular flexibility index (Phi) is 3.33. The second kappa shape index (κ2) is 5.44. The van der Waals surface area contributed by atoms with Crippen LogP contribution in [0.4, 0.5) is 0 Å². The molecule has 3 aromatic rings. The fourth-order valence-corrected chi connectivity index (χ4v) is 1.78. The Bertz CT molecular complexity index is 644. The van der Waals surface area contributed by atoms with Crippen molar-refractivity contribution in [3.05, 3.63) is 54.9 Å². The third-order valence-corrected chi connectivity index (χ3v) is 2.73. The van der Waals surface area contributed by atoms with E-state index in [9.17, 15) is 0 Å². The van der Waals surface area contributed by atoms with Gasteiger partial charge in [0.05, 0.1) is 18.5 Å². The molecule has 0 bridgehead atoms. The van der Waals surface area contributed by atoms with Crippen LogP contribution in [0.3, 0.4) is 0 Å². The monoisotopic (exact) mass is 264 g/mol. The van der Waals surface area contributed by atoms with Gasteiger partial charge in [-0.15, -0.1) is 0 Å². The smallest absolute Gasteiger partial charge is 0.217 e. The van der Waals surface area contributed by atoms with E-state index in [0.29, 0.717) is 23.1 Å². The van der Waals surface area contributed by atoms with Crippen LogP contribution in [0, 0.1) is 0 Å². The van der Waals surface area contributed by atoms with Crippen molar-refractivity contribution in [2.75, 3.05) is 7.11 Å². The summed E-state index contributed by atoms with van der Waals surface area (Å²) in [4.78, 5) is 17.4. The summed E-state index contributed by atoms with van der Waals surface area (Å²) in [7, 11) is 1.58. The molecular formula is C15H12N4O. The van der Waals surface area contributed by atoms with Crippen LogP contribution in [0.2, 0.25) is 0 Å². The van der Waals surface area contributed by atoms with Gasteiger partial charge in [0.15, 0.2) is 5.82 Å². The summed E-state index contributed by atoms with van der Waals surface area (Å²) in [5.74, 6) is 1.01. The van der Waals surface area contributed by atoms with Gasteiger partial charge in [0.25, 0.3) is 0 Å². The van der Waals surface area contributed by atoms with Crippen LogP contribution in [-0.2, 0) is 0 Å². The average Bonchev–Trinajstić information content (AvgIpc) is 2.56. The highest BCUT2D eigenvalue weighted by molar-refractivity contribution is 5.60. The van der Waals surface area contributed by atoms with Crippen molar-refractivity contribution in [1.82, 2.24) is 19.9 Å². The molecule has 0 radical (unpaired) electrons. The zero-order valence-electron chi connectivity index (χ0n) is 10.9. The Labute approximate surface area is 116 Å². The fourth-order valence-electron chi connectivity index (χ4n) is 1.78. The quantitative estimate of drug-likeness (QED) is 0.727. The highest BCUT2D eigenvalue weighted by Crippen LogP contribution is 2.22. The first kappa shape index (κ1) is 12.2. The molecule has 0 N–H and O–H groups in total. The minimum absolute atomic E-state index is 0.487. The highest BCUT2D eigenvalue weighted by Gasteiger charge is 2.10. The molecule has 0 atom stereocenters. The van der Waals surface area contributed by atoms with Gasteiger partial charge in [-0.25, -0.2) is 4.98 Å². The molecule has 3 aromatic heterocycles. The standard InChI is InChI=1S/C15H12N4O/c1-20-14-10-13(11-6-2-4-8-16-11)18-15(19-14)12-7-3-5-9-17-12/h2-10H,1H3. The lowest BCUT2D eigenvalue weighted by Gasteiger charge is -2.06. The van der Waals surface area contributed by atoms with Crippen LogP contribution in [0.5, 0.6) is 5.88 Å². The number of methoxy groups -OCH3 is 1. The van der Waals surface area contributed by atoms with E-state index < -0.39 is 0 Å². The van der Waals surface area contributed by atoms with E-state index in [2.05, 4.69) is 19.9 Å². The number of nitrogens with zero attached hydrogens (tertiary/aromatic N) is 4. The summed E-state index contributed by atoms with van der Waals surface area (Å²) in [5, 5.41) is 0. The first-order valence-corrected chi connectivity index (χ1v) is 6.13. The van der Waals surface area contributed by atoms with Crippen molar-refractivity contribution in [2.45, 2.75) is 0 Å². The first-order chi connectivity index (χ1) is 9.86. The zero-order chi connectivity index (χ0) is 13.8. The Balaban J connectivity index is 2.13. The number of hydrogen-bond donors (Lipinski definition) is 0. The molecule has 3 rings (SSSR count). The van der Waals surface area contributed by atoms with Crippen LogP contribution in [0.15, 0.2) is 54.9 Å². The van der Waals surface area contributed by atoms with Gasteiger partial charge < -0.3 is 4.74 Å². The minimum atomic E-state index is 0.487. The Morgan fingerprint density at radius 2 is 1.50 bits per heavy atom. The molecule has 0 aromatic carbocycles. The van der Waals surface area contributed by atoms with Crippen molar-refractivity contribution in [3.8, 4) is 28.8 Å². The largest absolute Gasteiger partial charge is 0.481 e. The summed E-state index contributed by atoms with van der Waals surface area (Å²) in [6, 6.07) is 13.0. The van der Waals surface area contributed by atoms with Crippen molar-refractivity contribution in [2.24, 2.45) is 0 Å². The summed E-state index contributed by atoms with van der Waals surface area (Å²) in [6.45, 7) is 0. The second-order valence-corrected chi connectivity index (χ2v) is 4.05. The molecule has 0 aliphatic heterocycles. The summed E-state index contributed by atoms with van der Waals surface area (Å²) in [6.07, 6.45) is 3.43. The number of hydrogen-bond acceptors (Lipinski definition) is 5. The number of rotatable bonds is 3. The molecule has 0 aliphatic carbocycles. The maximum atomic E-state index is 5.23. The van der Waals surface area contributed by atoms with E-state index in [4.69, 9.17) is 4.74 Å². The maximum absolute atomic E-state index is 5.23. The Morgan fingerprint density at radius 1 is 0.800 bits per heavy atom. The summed E-state index contributed by atoms with van der Waals surface area (Å²) < 4.78 is 5.23. The van der Waals surface area contributed by atoms with Crippen LogP contribution >= 0.6 is 0 Å². The third-order valence-electron chi connectivity index (χ3n) is 2.73. The van der Waals surface area contributed by atoms with Gasteiger partial charge in [-0.05, 0) is 24.3 Å². The van der Waals surface area contributed by atoms with Gasteiger partial charge in [-0.3, -0.25) is 9.97 Å². The van der Waals surface area contributed by atoms with Crippen LogP contribution in [0.1, 0.15) is 0 Å². The average molecular weight is 264 g/mol. The summed E-state index contributed by atoms with van der Waals surface area (Å²) in [5.41, 5.74) is 2.17. The molecule has 5 nitrogen and oxygen atoms in total. The molecular weight excluding hydrogens is 252 g/mol. The van der Waals surface area contributed by atoms with Crippen molar-refractivity contribution in [1.29, 1.82) is 0 Å². The molecule has 0 saturated carbocycles. The topological polar surface area (TPSA) is 60.8 Å². The molecule has 0 unspecified atom stereocenters. The molecule has 20 heavy (non-hydrogen) atoms. The number of pyridine rings is 2. The van der Waals surface area contributed by atoms with E-state index in [1.54, 1.807) is 25.6 Å². The Hall–Kier alpha value is -2.82. The molecule has 0 spiro atoms. The van der Waals surface area contributed by atoms with E-state index >= 15 is 0 Å². The molecule has 5 heteroatoms. The molecule has 0 amide bonds. The van der Waals surface area contributed by atoms with Gasteiger partial charge in [0.2, 0.25) is 5.88 Å². The van der Waals surface area contributed by atoms with Gasteiger partial charge >= 0.3 is 0 Å². The van der Waals surface area contributed by atoms with Crippen molar-refractivity contribution >= 4 is 0 Å². The maximum Gasteiger partial charge on any atom is 0.217 e. The van der Waals surface area contributed by atoms with E-state index in [0.717, 1.165) is 5.69 Å². The number of ether oxygens (including phenoxy) is 1.